The minimum atomic E-state index is -4.81. The van der Waals surface area contributed by atoms with Crippen LogP contribution in [0.2, 0.25) is 0 Å². The van der Waals surface area contributed by atoms with Crippen LogP contribution in [0.15, 0.2) is 24.3 Å². The number of hydrogen-bond acceptors (Lipinski definition) is 4. The molecule has 0 heterocycles. The second kappa shape index (κ2) is 6.86. The molecule has 1 aromatic carbocycles. The molecular weight excluding hydrogens is 294 g/mol. The molecule has 0 aliphatic carbocycles. The number of benzene rings is 1. The first kappa shape index (κ1) is 17.4. The number of halogens is 4. The zero-order chi connectivity index (χ0) is 16.1. The van der Waals surface area contributed by atoms with Crippen molar-refractivity contribution in [2.45, 2.75) is 18.2 Å². The van der Waals surface area contributed by atoms with Crippen LogP contribution in [0.3, 0.4) is 0 Å². The van der Waals surface area contributed by atoms with E-state index in [4.69, 9.17) is 5.73 Å². The third kappa shape index (κ3) is 4.40. The summed E-state index contributed by atoms with van der Waals surface area (Å²) in [6, 6.07) is 4.75. The lowest BCUT2D eigenvalue weighted by Crippen LogP contribution is -2.45. The standard InChI is InChI=1S/C13H15F4NO3/c1-20-11(19)12(8-18,6-7-21-13(15,16)17)9-2-4-10(14)5-3-9/h2-5H,6-8,18H2,1H3. The number of alkyl halides is 3. The number of methoxy groups -OCH3 is 1. The Kier molecular flexibility index (Phi) is 5.68. The fraction of sp³-hybridized carbons (Fsp3) is 0.462. The molecule has 0 aliphatic heterocycles. The van der Waals surface area contributed by atoms with Gasteiger partial charge in [-0.1, -0.05) is 12.1 Å². The predicted molar refractivity (Wildman–Crippen MR) is 65.8 cm³/mol. The first-order valence-corrected chi connectivity index (χ1v) is 6.00. The van der Waals surface area contributed by atoms with Gasteiger partial charge in [0.05, 0.1) is 13.7 Å². The molecule has 1 aromatic rings. The first-order chi connectivity index (χ1) is 9.75. The van der Waals surface area contributed by atoms with E-state index in [1.807, 2.05) is 0 Å². The van der Waals surface area contributed by atoms with Gasteiger partial charge in [0.25, 0.3) is 0 Å². The number of esters is 1. The molecule has 0 spiro atoms. The van der Waals surface area contributed by atoms with Crippen LogP contribution in [-0.2, 0) is 19.7 Å². The number of nitrogens with two attached hydrogens (primary N) is 1. The minimum absolute atomic E-state index is 0.268. The van der Waals surface area contributed by atoms with Crippen molar-refractivity contribution in [2.75, 3.05) is 20.3 Å². The lowest BCUT2D eigenvalue weighted by Gasteiger charge is -2.30. The molecule has 0 aliphatic rings. The number of hydrogen-bond donors (Lipinski definition) is 1. The molecule has 0 saturated carbocycles. The Morgan fingerprint density at radius 1 is 1.24 bits per heavy atom. The van der Waals surface area contributed by atoms with E-state index in [0.717, 1.165) is 19.2 Å². The van der Waals surface area contributed by atoms with Gasteiger partial charge < -0.3 is 10.5 Å². The topological polar surface area (TPSA) is 61.5 Å². The van der Waals surface area contributed by atoms with Crippen molar-refractivity contribution < 1.29 is 31.8 Å². The fourth-order valence-electron chi connectivity index (χ4n) is 1.97. The van der Waals surface area contributed by atoms with Gasteiger partial charge in [0.2, 0.25) is 0 Å². The molecule has 1 atom stereocenters. The molecule has 4 nitrogen and oxygen atoms in total. The summed E-state index contributed by atoms with van der Waals surface area (Å²) in [5, 5.41) is 0. The zero-order valence-electron chi connectivity index (χ0n) is 11.2. The van der Waals surface area contributed by atoms with Crippen LogP contribution in [0, 0.1) is 5.82 Å². The molecule has 118 valence electrons. The monoisotopic (exact) mass is 309 g/mol. The maximum Gasteiger partial charge on any atom is 0.522 e. The Labute approximate surface area is 118 Å². The molecule has 0 aromatic heterocycles. The van der Waals surface area contributed by atoms with Crippen LogP contribution in [0.1, 0.15) is 12.0 Å². The van der Waals surface area contributed by atoms with Crippen LogP contribution in [0.4, 0.5) is 17.6 Å². The molecule has 2 N–H and O–H groups in total. The highest BCUT2D eigenvalue weighted by Gasteiger charge is 2.41. The maximum atomic E-state index is 12.9. The van der Waals surface area contributed by atoms with E-state index in [9.17, 15) is 22.4 Å². The summed E-state index contributed by atoms with van der Waals surface area (Å²) in [5.41, 5.74) is 4.32. The Morgan fingerprint density at radius 2 is 1.81 bits per heavy atom. The summed E-state index contributed by atoms with van der Waals surface area (Å²) in [7, 11) is 1.10. The van der Waals surface area contributed by atoms with Crippen LogP contribution >= 0.6 is 0 Å². The Balaban J connectivity index is 3.04. The Bertz CT molecular complexity index is 475. The average Bonchev–Trinajstić information content (AvgIpc) is 2.43. The lowest BCUT2D eigenvalue weighted by molar-refractivity contribution is -0.325. The molecule has 21 heavy (non-hydrogen) atoms. The Hall–Kier alpha value is -1.67. The summed E-state index contributed by atoms with van der Waals surface area (Å²) in [4.78, 5) is 12.0. The van der Waals surface area contributed by atoms with Crippen molar-refractivity contribution in [3.63, 3.8) is 0 Å². The highest BCUT2D eigenvalue weighted by atomic mass is 19.4. The summed E-state index contributed by atoms with van der Waals surface area (Å²) < 4.78 is 57.4. The Morgan fingerprint density at radius 3 is 2.24 bits per heavy atom. The van der Waals surface area contributed by atoms with Crippen molar-refractivity contribution in [2.24, 2.45) is 5.73 Å². The molecule has 0 radical (unpaired) electrons. The van der Waals surface area contributed by atoms with E-state index < -0.39 is 30.2 Å². The largest absolute Gasteiger partial charge is 0.522 e. The third-order valence-electron chi connectivity index (χ3n) is 3.12. The van der Waals surface area contributed by atoms with E-state index in [2.05, 4.69) is 9.47 Å². The smallest absolute Gasteiger partial charge is 0.468 e. The number of rotatable bonds is 6. The van der Waals surface area contributed by atoms with Crippen molar-refractivity contribution in [1.82, 2.24) is 0 Å². The van der Waals surface area contributed by atoms with Gasteiger partial charge >= 0.3 is 12.3 Å². The summed E-state index contributed by atoms with van der Waals surface area (Å²) in [5.74, 6) is -1.34. The molecule has 1 rings (SSSR count). The zero-order valence-corrected chi connectivity index (χ0v) is 11.2. The van der Waals surface area contributed by atoms with E-state index in [1.165, 1.54) is 12.1 Å². The van der Waals surface area contributed by atoms with Crippen LogP contribution in [0.25, 0.3) is 0 Å². The number of ether oxygens (including phenoxy) is 2. The van der Waals surface area contributed by atoms with E-state index >= 15 is 0 Å². The minimum Gasteiger partial charge on any atom is -0.468 e. The van der Waals surface area contributed by atoms with Crippen molar-refractivity contribution in [3.8, 4) is 0 Å². The molecule has 0 amide bonds. The molecule has 1 unspecified atom stereocenters. The van der Waals surface area contributed by atoms with Gasteiger partial charge in [0, 0.05) is 6.54 Å². The predicted octanol–water partition coefficient (Wildman–Crippen LogP) is 2.12. The van der Waals surface area contributed by atoms with Crippen LogP contribution in [-0.4, -0.2) is 32.6 Å². The highest BCUT2D eigenvalue weighted by Crippen LogP contribution is 2.30. The van der Waals surface area contributed by atoms with E-state index in [0.29, 0.717) is 0 Å². The van der Waals surface area contributed by atoms with Gasteiger partial charge in [0.15, 0.2) is 0 Å². The molecule has 8 heteroatoms. The third-order valence-corrected chi connectivity index (χ3v) is 3.12. The highest BCUT2D eigenvalue weighted by molar-refractivity contribution is 5.83. The second-order valence-electron chi connectivity index (χ2n) is 4.33. The SMILES string of the molecule is COC(=O)C(CN)(CCOC(F)(F)F)c1ccc(F)cc1. The summed E-state index contributed by atoms with van der Waals surface area (Å²) >= 11 is 0. The number of carbonyl (C=O) groups is 1. The lowest BCUT2D eigenvalue weighted by atomic mass is 9.77. The van der Waals surface area contributed by atoms with Gasteiger partial charge in [-0.15, -0.1) is 13.2 Å². The van der Waals surface area contributed by atoms with Crippen molar-refractivity contribution in [3.05, 3.63) is 35.6 Å². The molecule has 0 saturated heterocycles. The van der Waals surface area contributed by atoms with Crippen molar-refractivity contribution in [1.29, 1.82) is 0 Å². The maximum absolute atomic E-state index is 12.9. The normalized spacial score (nSPS) is 14.6. The molecular formula is C13H15F4NO3. The van der Waals surface area contributed by atoms with Gasteiger partial charge in [0.1, 0.15) is 11.2 Å². The van der Waals surface area contributed by atoms with Crippen LogP contribution < -0.4 is 5.73 Å². The summed E-state index contributed by atoms with van der Waals surface area (Å²) in [6.07, 6.45) is -5.15. The first-order valence-electron chi connectivity index (χ1n) is 6.00. The molecule has 0 bridgehead atoms. The van der Waals surface area contributed by atoms with Gasteiger partial charge in [-0.05, 0) is 24.1 Å². The van der Waals surface area contributed by atoms with Gasteiger partial charge in [-0.3, -0.25) is 9.53 Å². The van der Waals surface area contributed by atoms with E-state index in [-0.39, 0.29) is 18.5 Å². The number of carbonyl (C=O) groups excluding carboxylic acids is 1. The summed E-state index contributed by atoms with van der Waals surface area (Å²) in [6.45, 7) is -1.07. The average molecular weight is 309 g/mol. The van der Waals surface area contributed by atoms with Gasteiger partial charge in [-0.2, -0.15) is 0 Å². The quantitative estimate of drug-likeness (QED) is 0.646. The van der Waals surface area contributed by atoms with Crippen LogP contribution in [0.5, 0.6) is 0 Å². The van der Waals surface area contributed by atoms with Gasteiger partial charge in [-0.25, -0.2) is 4.39 Å². The van der Waals surface area contributed by atoms with E-state index in [1.54, 1.807) is 0 Å². The fourth-order valence-corrected chi connectivity index (χ4v) is 1.97. The molecule has 0 fully saturated rings. The second-order valence-corrected chi connectivity index (χ2v) is 4.33. The van der Waals surface area contributed by atoms with Crippen molar-refractivity contribution >= 4 is 5.97 Å².